The lowest BCUT2D eigenvalue weighted by Gasteiger charge is -2.13. The van der Waals surface area contributed by atoms with Crippen LogP contribution in [0, 0.1) is 6.92 Å². The molecule has 2 nitrogen and oxygen atoms in total. The first-order valence-electron chi connectivity index (χ1n) is 6.57. The molecule has 1 aliphatic heterocycles. The van der Waals surface area contributed by atoms with E-state index >= 15 is 0 Å². The molecule has 0 spiro atoms. The van der Waals surface area contributed by atoms with E-state index in [-0.39, 0.29) is 0 Å². The number of halogens is 2. The monoisotopic (exact) mass is 351 g/mol. The summed E-state index contributed by atoms with van der Waals surface area (Å²) in [6, 6.07) is 10.2. The summed E-state index contributed by atoms with van der Waals surface area (Å²) >= 11 is 9.65. The minimum absolute atomic E-state index is 0.714. The molecule has 3 rings (SSSR count). The number of rotatable bonds is 3. The lowest BCUT2D eigenvalue weighted by atomic mass is 10.1. The Morgan fingerprint density at radius 2 is 2.15 bits per heavy atom. The first-order valence-corrected chi connectivity index (χ1v) is 7.75. The van der Waals surface area contributed by atoms with E-state index in [9.17, 15) is 0 Å². The Balaban J connectivity index is 1.82. The van der Waals surface area contributed by atoms with Gasteiger partial charge in [0.1, 0.15) is 5.75 Å². The van der Waals surface area contributed by atoms with Crippen molar-refractivity contribution in [3.05, 3.63) is 56.5 Å². The Kier molecular flexibility index (Phi) is 3.90. The van der Waals surface area contributed by atoms with Crippen LogP contribution in [0.25, 0.3) is 0 Å². The van der Waals surface area contributed by atoms with Crippen molar-refractivity contribution in [3.8, 4) is 5.75 Å². The van der Waals surface area contributed by atoms with Crippen LogP contribution in [0.2, 0.25) is 5.02 Å². The highest BCUT2D eigenvalue weighted by molar-refractivity contribution is 9.10. The maximum absolute atomic E-state index is 6.17. The van der Waals surface area contributed by atoms with Gasteiger partial charge in [0.2, 0.25) is 0 Å². The second kappa shape index (κ2) is 5.66. The third-order valence-electron chi connectivity index (χ3n) is 3.48. The summed E-state index contributed by atoms with van der Waals surface area (Å²) in [5.41, 5.74) is 4.66. The van der Waals surface area contributed by atoms with Crippen molar-refractivity contribution >= 4 is 33.2 Å². The Bertz CT molecular complexity index is 657. The molecular weight excluding hydrogens is 338 g/mol. The van der Waals surface area contributed by atoms with E-state index in [1.807, 2.05) is 18.2 Å². The Morgan fingerprint density at radius 3 is 2.95 bits per heavy atom. The van der Waals surface area contributed by atoms with Gasteiger partial charge in [-0.05, 0) is 48.4 Å². The maximum atomic E-state index is 6.17. The third-order valence-corrected chi connectivity index (χ3v) is 4.19. The molecule has 0 saturated carbocycles. The third kappa shape index (κ3) is 2.79. The van der Waals surface area contributed by atoms with Gasteiger partial charge in [0.15, 0.2) is 0 Å². The van der Waals surface area contributed by atoms with E-state index in [0.29, 0.717) is 6.54 Å². The van der Waals surface area contributed by atoms with Crippen molar-refractivity contribution < 1.29 is 4.74 Å². The minimum Gasteiger partial charge on any atom is -0.493 e. The number of aryl methyl sites for hydroxylation is 1. The van der Waals surface area contributed by atoms with Crippen LogP contribution in [0.5, 0.6) is 5.75 Å². The first kappa shape index (κ1) is 13.8. The van der Waals surface area contributed by atoms with Gasteiger partial charge in [-0.25, -0.2) is 0 Å². The fraction of sp³-hybridized carbons (Fsp3) is 0.250. The van der Waals surface area contributed by atoms with E-state index in [2.05, 4.69) is 40.3 Å². The van der Waals surface area contributed by atoms with Crippen LogP contribution in [-0.4, -0.2) is 6.61 Å². The van der Waals surface area contributed by atoms with Crippen molar-refractivity contribution in [1.29, 1.82) is 0 Å². The predicted molar refractivity (Wildman–Crippen MR) is 86.9 cm³/mol. The molecule has 2 aromatic carbocycles. The molecule has 0 atom stereocenters. The molecule has 1 N–H and O–H groups in total. The lowest BCUT2D eigenvalue weighted by molar-refractivity contribution is 0.354. The maximum Gasteiger partial charge on any atom is 0.127 e. The second-order valence-electron chi connectivity index (χ2n) is 4.96. The molecule has 0 amide bonds. The van der Waals surface area contributed by atoms with Gasteiger partial charge in [-0.3, -0.25) is 0 Å². The van der Waals surface area contributed by atoms with Gasteiger partial charge in [-0.2, -0.15) is 0 Å². The predicted octanol–water partition coefficient (Wildman–Crippen LogP) is 4.96. The number of hydrogen-bond acceptors (Lipinski definition) is 2. The number of hydrogen-bond donors (Lipinski definition) is 1. The van der Waals surface area contributed by atoms with Crippen LogP contribution in [0.1, 0.15) is 16.7 Å². The zero-order valence-electron chi connectivity index (χ0n) is 11.2. The van der Waals surface area contributed by atoms with Crippen LogP contribution in [-0.2, 0) is 13.0 Å². The van der Waals surface area contributed by atoms with Crippen LogP contribution in [0.4, 0.5) is 5.69 Å². The van der Waals surface area contributed by atoms with E-state index in [0.717, 1.165) is 39.5 Å². The molecule has 1 aliphatic rings. The molecule has 0 fully saturated rings. The van der Waals surface area contributed by atoms with Crippen molar-refractivity contribution in [2.45, 2.75) is 19.9 Å². The lowest BCUT2D eigenvalue weighted by Crippen LogP contribution is -2.03. The number of fused-ring (bicyclic) bond motifs is 1. The zero-order valence-corrected chi connectivity index (χ0v) is 13.5. The summed E-state index contributed by atoms with van der Waals surface area (Å²) in [6.07, 6.45) is 0.945. The van der Waals surface area contributed by atoms with Gasteiger partial charge in [-0.1, -0.05) is 27.5 Å². The van der Waals surface area contributed by atoms with Gasteiger partial charge in [-0.15, -0.1) is 0 Å². The Hall–Kier alpha value is -1.19. The number of anilines is 1. The SMILES string of the molecule is Cc1cc(Br)ccc1NCc1cc(Cl)cc2c1OCC2. The Labute approximate surface area is 132 Å². The van der Waals surface area contributed by atoms with Gasteiger partial charge in [0.25, 0.3) is 0 Å². The molecule has 0 aliphatic carbocycles. The highest BCUT2D eigenvalue weighted by atomic mass is 79.9. The highest BCUT2D eigenvalue weighted by Crippen LogP contribution is 2.33. The quantitative estimate of drug-likeness (QED) is 0.843. The molecule has 1 heterocycles. The molecule has 0 radical (unpaired) electrons. The van der Waals surface area contributed by atoms with E-state index in [1.165, 1.54) is 11.1 Å². The summed E-state index contributed by atoms with van der Waals surface area (Å²) < 4.78 is 6.81. The zero-order chi connectivity index (χ0) is 14.1. The average Bonchev–Trinajstić information content (AvgIpc) is 2.85. The molecular formula is C16H15BrClNO. The standard InChI is InChI=1S/C16H15BrClNO/c1-10-6-13(17)2-3-15(10)19-9-12-8-14(18)7-11-4-5-20-16(11)12/h2-3,6-8,19H,4-5,9H2,1H3. The first-order chi connectivity index (χ1) is 9.63. The molecule has 104 valence electrons. The van der Waals surface area contributed by atoms with Crippen LogP contribution in [0.3, 0.4) is 0 Å². The van der Waals surface area contributed by atoms with Gasteiger partial charge >= 0.3 is 0 Å². The normalized spacial score (nSPS) is 12.9. The summed E-state index contributed by atoms with van der Waals surface area (Å²) in [5.74, 6) is 0.997. The number of ether oxygens (including phenoxy) is 1. The number of nitrogens with one attached hydrogen (secondary N) is 1. The van der Waals surface area contributed by atoms with Crippen molar-refractivity contribution in [2.24, 2.45) is 0 Å². The molecule has 0 aromatic heterocycles. The number of benzene rings is 2. The molecule has 2 aromatic rings. The van der Waals surface area contributed by atoms with E-state index < -0.39 is 0 Å². The van der Waals surface area contributed by atoms with E-state index in [4.69, 9.17) is 16.3 Å². The van der Waals surface area contributed by atoms with Gasteiger partial charge in [0, 0.05) is 33.7 Å². The second-order valence-corrected chi connectivity index (χ2v) is 6.32. The summed E-state index contributed by atoms with van der Waals surface area (Å²) in [5, 5.41) is 4.23. The van der Waals surface area contributed by atoms with Gasteiger partial charge in [0.05, 0.1) is 6.61 Å². The van der Waals surface area contributed by atoms with Crippen molar-refractivity contribution in [2.75, 3.05) is 11.9 Å². The molecule has 4 heteroatoms. The molecule has 0 bridgehead atoms. The minimum atomic E-state index is 0.714. The van der Waals surface area contributed by atoms with E-state index in [1.54, 1.807) is 0 Å². The fourth-order valence-corrected chi connectivity index (χ4v) is 3.23. The highest BCUT2D eigenvalue weighted by Gasteiger charge is 2.17. The largest absolute Gasteiger partial charge is 0.493 e. The fourth-order valence-electron chi connectivity index (χ4n) is 2.49. The summed E-state index contributed by atoms with van der Waals surface area (Å²) in [6.45, 7) is 3.55. The molecule has 20 heavy (non-hydrogen) atoms. The van der Waals surface area contributed by atoms with Gasteiger partial charge < -0.3 is 10.1 Å². The summed E-state index contributed by atoms with van der Waals surface area (Å²) in [4.78, 5) is 0. The van der Waals surface area contributed by atoms with Crippen LogP contribution >= 0.6 is 27.5 Å². The molecule has 0 saturated heterocycles. The van der Waals surface area contributed by atoms with Crippen LogP contribution in [0.15, 0.2) is 34.8 Å². The van der Waals surface area contributed by atoms with Crippen LogP contribution < -0.4 is 10.1 Å². The summed E-state index contributed by atoms with van der Waals surface area (Å²) in [7, 11) is 0. The average molecular weight is 353 g/mol. The molecule has 0 unspecified atom stereocenters. The Morgan fingerprint density at radius 1 is 1.30 bits per heavy atom. The topological polar surface area (TPSA) is 21.3 Å². The van der Waals surface area contributed by atoms with Crippen molar-refractivity contribution in [1.82, 2.24) is 0 Å². The van der Waals surface area contributed by atoms with Crippen molar-refractivity contribution in [3.63, 3.8) is 0 Å². The smallest absolute Gasteiger partial charge is 0.127 e.